The number of pyridine rings is 1. The van der Waals surface area contributed by atoms with Crippen molar-refractivity contribution in [2.75, 3.05) is 5.73 Å². The van der Waals surface area contributed by atoms with Crippen molar-refractivity contribution in [1.29, 1.82) is 0 Å². The summed E-state index contributed by atoms with van der Waals surface area (Å²) < 4.78 is 0. The van der Waals surface area contributed by atoms with E-state index in [1.807, 2.05) is 0 Å². The molecule has 0 unspecified atom stereocenters. The Labute approximate surface area is 119 Å². The van der Waals surface area contributed by atoms with Crippen molar-refractivity contribution < 1.29 is 5.11 Å². The van der Waals surface area contributed by atoms with Crippen LogP contribution in [0, 0.1) is 0 Å². The number of phenolic OH excluding ortho intramolecular Hbond substituents is 1. The third-order valence-electron chi connectivity index (χ3n) is 3.15. The van der Waals surface area contributed by atoms with Crippen molar-refractivity contribution in [1.82, 2.24) is 4.98 Å². The number of nitrogens with two attached hydrogens (primary N) is 1. The van der Waals surface area contributed by atoms with Gasteiger partial charge >= 0.3 is 0 Å². The Morgan fingerprint density at radius 3 is 2.70 bits per heavy atom. The second-order valence-electron chi connectivity index (χ2n) is 4.48. The van der Waals surface area contributed by atoms with E-state index in [0.29, 0.717) is 21.7 Å². The first-order chi connectivity index (χ1) is 9.56. The van der Waals surface area contributed by atoms with Crippen LogP contribution in [0.15, 0.2) is 47.3 Å². The maximum absolute atomic E-state index is 11.9. The number of aromatic hydroxyl groups is 1. The zero-order valence-electron chi connectivity index (χ0n) is 10.4. The molecule has 0 spiro atoms. The molecule has 1 aromatic heterocycles. The fraction of sp³-hybridized carbons (Fsp3) is 0. The van der Waals surface area contributed by atoms with Crippen molar-refractivity contribution in [3.05, 3.63) is 57.8 Å². The number of aromatic nitrogens is 1. The molecule has 0 fully saturated rings. The first-order valence-electron chi connectivity index (χ1n) is 5.96. The molecule has 0 atom stereocenters. The molecule has 0 aliphatic heterocycles. The number of hydrogen-bond donors (Lipinski definition) is 3. The Balaban J connectivity index is 2.47. The zero-order valence-corrected chi connectivity index (χ0v) is 11.1. The Hall–Kier alpha value is -2.46. The molecular weight excluding hydrogens is 276 g/mol. The summed E-state index contributed by atoms with van der Waals surface area (Å²) in [5.74, 6) is 0.109. The van der Waals surface area contributed by atoms with E-state index in [0.717, 1.165) is 5.39 Å². The maximum Gasteiger partial charge on any atom is 0.272 e. The molecule has 0 bridgehead atoms. The van der Waals surface area contributed by atoms with Crippen molar-refractivity contribution in [2.24, 2.45) is 0 Å². The number of nitrogen functional groups attached to an aromatic ring is 1. The predicted molar refractivity (Wildman–Crippen MR) is 81.1 cm³/mol. The molecule has 4 N–H and O–H groups in total. The molecule has 0 saturated carbocycles. The van der Waals surface area contributed by atoms with Gasteiger partial charge in [0.1, 0.15) is 11.4 Å². The van der Waals surface area contributed by atoms with Crippen molar-refractivity contribution >= 4 is 28.2 Å². The molecule has 3 aromatic rings. The number of fused-ring (bicyclic) bond motifs is 1. The van der Waals surface area contributed by atoms with E-state index in [2.05, 4.69) is 4.98 Å². The standard InChI is InChI=1S/C15H11ClN2O2/c16-9-4-5-12-11(7-9)13(14(17)15(20)18-12)8-2-1-3-10(19)6-8/h1-7,19H,17H2,(H,18,20). The fourth-order valence-electron chi connectivity index (χ4n) is 2.25. The van der Waals surface area contributed by atoms with Crippen LogP contribution in [0.5, 0.6) is 5.75 Å². The van der Waals surface area contributed by atoms with E-state index in [-0.39, 0.29) is 17.0 Å². The normalized spacial score (nSPS) is 10.8. The van der Waals surface area contributed by atoms with E-state index in [9.17, 15) is 9.90 Å². The molecule has 100 valence electrons. The van der Waals surface area contributed by atoms with Crippen LogP contribution < -0.4 is 11.3 Å². The monoisotopic (exact) mass is 286 g/mol. The Morgan fingerprint density at radius 1 is 1.15 bits per heavy atom. The molecule has 3 rings (SSSR count). The predicted octanol–water partition coefficient (Wildman–Crippen LogP) is 3.14. The van der Waals surface area contributed by atoms with Crippen LogP contribution in [-0.2, 0) is 0 Å². The molecular formula is C15H11ClN2O2. The third kappa shape index (κ3) is 2.00. The number of halogens is 1. The first-order valence-corrected chi connectivity index (χ1v) is 6.34. The van der Waals surface area contributed by atoms with Gasteiger partial charge in [0, 0.05) is 21.5 Å². The lowest BCUT2D eigenvalue weighted by Gasteiger charge is -2.10. The van der Waals surface area contributed by atoms with Gasteiger partial charge in [0.25, 0.3) is 5.56 Å². The highest BCUT2D eigenvalue weighted by Crippen LogP contribution is 2.33. The van der Waals surface area contributed by atoms with Crippen LogP contribution in [-0.4, -0.2) is 10.1 Å². The summed E-state index contributed by atoms with van der Waals surface area (Å²) in [7, 11) is 0. The van der Waals surface area contributed by atoms with Gasteiger partial charge in [-0.25, -0.2) is 0 Å². The number of phenols is 1. The smallest absolute Gasteiger partial charge is 0.272 e. The van der Waals surface area contributed by atoms with Crippen LogP contribution in [0.3, 0.4) is 0 Å². The van der Waals surface area contributed by atoms with E-state index in [4.69, 9.17) is 17.3 Å². The summed E-state index contributed by atoms with van der Waals surface area (Å²) in [5.41, 5.74) is 7.54. The van der Waals surface area contributed by atoms with Gasteiger partial charge in [-0.2, -0.15) is 0 Å². The van der Waals surface area contributed by atoms with Crippen molar-refractivity contribution in [3.8, 4) is 16.9 Å². The molecule has 1 heterocycles. The van der Waals surface area contributed by atoms with Crippen LogP contribution in [0.1, 0.15) is 0 Å². The van der Waals surface area contributed by atoms with Crippen LogP contribution in [0.2, 0.25) is 5.02 Å². The average molecular weight is 287 g/mol. The van der Waals surface area contributed by atoms with Gasteiger partial charge in [-0.15, -0.1) is 0 Å². The molecule has 0 aliphatic carbocycles. The molecule has 0 aliphatic rings. The van der Waals surface area contributed by atoms with Gasteiger partial charge in [0.05, 0.1) is 0 Å². The van der Waals surface area contributed by atoms with E-state index < -0.39 is 0 Å². The molecule has 2 aromatic carbocycles. The van der Waals surface area contributed by atoms with Crippen molar-refractivity contribution in [3.63, 3.8) is 0 Å². The Kier molecular flexibility index (Phi) is 2.88. The lowest BCUT2D eigenvalue weighted by molar-refractivity contribution is 0.475. The van der Waals surface area contributed by atoms with Crippen LogP contribution in [0.25, 0.3) is 22.0 Å². The van der Waals surface area contributed by atoms with Gasteiger partial charge in [0.15, 0.2) is 0 Å². The second kappa shape index (κ2) is 4.58. The summed E-state index contributed by atoms with van der Waals surface area (Å²) in [6.45, 7) is 0. The number of nitrogens with one attached hydrogen (secondary N) is 1. The zero-order chi connectivity index (χ0) is 14.3. The Bertz CT molecular complexity index is 871. The molecule has 20 heavy (non-hydrogen) atoms. The quantitative estimate of drug-likeness (QED) is 0.643. The summed E-state index contributed by atoms with van der Waals surface area (Å²) >= 11 is 6.02. The lowest BCUT2D eigenvalue weighted by atomic mass is 9.99. The number of anilines is 1. The highest BCUT2D eigenvalue weighted by Gasteiger charge is 2.12. The van der Waals surface area contributed by atoms with Gasteiger partial charge in [-0.3, -0.25) is 4.79 Å². The minimum absolute atomic E-state index is 0.102. The average Bonchev–Trinajstić information content (AvgIpc) is 2.41. The lowest BCUT2D eigenvalue weighted by Crippen LogP contribution is -2.13. The molecule has 0 radical (unpaired) electrons. The SMILES string of the molecule is Nc1c(-c2cccc(O)c2)c2cc(Cl)ccc2[nH]c1=O. The van der Waals surface area contributed by atoms with Gasteiger partial charge < -0.3 is 15.8 Å². The van der Waals surface area contributed by atoms with Gasteiger partial charge in [-0.1, -0.05) is 23.7 Å². The summed E-state index contributed by atoms with van der Waals surface area (Å²) in [4.78, 5) is 14.6. The highest BCUT2D eigenvalue weighted by atomic mass is 35.5. The van der Waals surface area contributed by atoms with Crippen LogP contribution >= 0.6 is 11.6 Å². The minimum Gasteiger partial charge on any atom is -0.508 e. The summed E-state index contributed by atoms with van der Waals surface area (Å²) in [6, 6.07) is 11.8. The number of H-pyrrole nitrogens is 1. The van der Waals surface area contributed by atoms with Crippen LogP contribution in [0.4, 0.5) is 5.69 Å². The van der Waals surface area contributed by atoms with E-state index >= 15 is 0 Å². The molecule has 0 saturated heterocycles. The van der Waals surface area contributed by atoms with Gasteiger partial charge in [-0.05, 0) is 35.9 Å². The molecule has 4 nitrogen and oxygen atoms in total. The molecule has 0 amide bonds. The summed E-state index contributed by atoms with van der Waals surface area (Å²) in [6.07, 6.45) is 0. The fourth-order valence-corrected chi connectivity index (χ4v) is 2.43. The molecule has 5 heteroatoms. The second-order valence-corrected chi connectivity index (χ2v) is 4.92. The topological polar surface area (TPSA) is 79.1 Å². The Morgan fingerprint density at radius 2 is 1.95 bits per heavy atom. The largest absolute Gasteiger partial charge is 0.508 e. The maximum atomic E-state index is 11.9. The van der Waals surface area contributed by atoms with Gasteiger partial charge in [0.2, 0.25) is 0 Å². The first kappa shape index (κ1) is 12.6. The van der Waals surface area contributed by atoms with E-state index in [1.54, 1.807) is 42.5 Å². The number of aromatic amines is 1. The number of rotatable bonds is 1. The number of benzene rings is 2. The summed E-state index contributed by atoms with van der Waals surface area (Å²) in [5, 5.41) is 10.9. The van der Waals surface area contributed by atoms with E-state index in [1.165, 1.54) is 0 Å². The van der Waals surface area contributed by atoms with Crippen molar-refractivity contribution in [2.45, 2.75) is 0 Å². The third-order valence-corrected chi connectivity index (χ3v) is 3.38. The number of hydrogen-bond acceptors (Lipinski definition) is 3. The minimum atomic E-state index is -0.363. The highest BCUT2D eigenvalue weighted by molar-refractivity contribution is 6.31.